The van der Waals surface area contributed by atoms with Gasteiger partial charge in [-0.25, -0.2) is 0 Å². The molecule has 0 aliphatic rings. The normalized spacial score (nSPS) is 10.7. The first-order chi connectivity index (χ1) is 9.34. The van der Waals surface area contributed by atoms with Crippen molar-refractivity contribution in [3.63, 3.8) is 0 Å². The molecule has 0 aliphatic heterocycles. The van der Waals surface area contributed by atoms with E-state index >= 15 is 0 Å². The van der Waals surface area contributed by atoms with Crippen LogP contribution in [-0.4, -0.2) is 21.7 Å². The number of benzene rings is 1. The largest absolute Gasteiger partial charge is 0.292 e. The van der Waals surface area contributed by atoms with Gasteiger partial charge in [-0.1, -0.05) is 42.1 Å². The Hall–Kier alpha value is -1.72. The number of hydrogen-bond acceptors (Lipinski definition) is 5. The van der Waals surface area contributed by atoms with Gasteiger partial charge < -0.3 is 0 Å². The van der Waals surface area contributed by atoms with Gasteiger partial charge >= 0.3 is 0 Å². The van der Waals surface area contributed by atoms with Gasteiger partial charge in [-0.2, -0.15) is 5.10 Å². The Kier molecular flexibility index (Phi) is 3.57. The van der Waals surface area contributed by atoms with Crippen molar-refractivity contribution in [2.24, 2.45) is 0 Å². The van der Waals surface area contributed by atoms with Crippen molar-refractivity contribution in [3.8, 4) is 0 Å². The van der Waals surface area contributed by atoms with E-state index in [1.807, 2.05) is 41.8 Å². The lowest BCUT2D eigenvalue weighted by atomic mass is 10.2. The Morgan fingerprint density at radius 1 is 1.21 bits per heavy atom. The molecule has 0 N–H and O–H groups in total. The fourth-order valence-electron chi connectivity index (χ4n) is 1.75. The highest BCUT2D eigenvalue weighted by molar-refractivity contribution is 8.00. The van der Waals surface area contributed by atoms with E-state index in [-0.39, 0.29) is 5.78 Å². The minimum absolute atomic E-state index is 0.134. The fourth-order valence-corrected chi connectivity index (χ4v) is 3.38. The van der Waals surface area contributed by atoms with Gasteiger partial charge in [0, 0.05) is 10.8 Å². The van der Waals surface area contributed by atoms with E-state index in [1.165, 1.54) is 23.1 Å². The van der Waals surface area contributed by atoms with Crippen LogP contribution in [0.5, 0.6) is 0 Å². The van der Waals surface area contributed by atoms with E-state index < -0.39 is 0 Å². The number of thioether (sulfide) groups is 1. The molecule has 5 heteroatoms. The standard InChI is InChI=1S/C14H10N2OS2/c17-12(13-6-3-7-18-13)9-19-14-11-5-2-1-4-10(11)8-15-16-14/h1-8H,9H2. The average molecular weight is 286 g/mol. The molecule has 2 heterocycles. The summed E-state index contributed by atoms with van der Waals surface area (Å²) in [7, 11) is 0. The zero-order chi connectivity index (χ0) is 13.1. The van der Waals surface area contributed by atoms with Crippen molar-refractivity contribution in [1.82, 2.24) is 10.2 Å². The first kappa shape index (κ1) is 12.3. The third-order valence-corrected chi connectivity index (χ3v) is 4.56. The van der Waals surface area contributed by atoms with Crippen LogP contribution in [0.2, 0.25) is 0 Å². The maximum atomic E-state index is 12.0. The SMILES string of the molecule is O=C(CSc1nncc2ccccc12)c1cccs1. The maximum absolute atomic E-state index is 12.0. The Bertz CT molecular complexity index is 705. The Morgan fingerprint density at radius 3 is 2.95 bits per heavy atom. The number of hydrogen-bond donors (Lipinski definition) is 0. The Labute approximate surface area is 118 Å². The van der Waals surface area contributed by atoms with Gasteiger partial charge in [-0.15, -0.1) is 16.4 Å². The quantitative estimate of drug-likeness (QED) is 0.542. The second-order valence-electron chi connectivity index (χ2n) is 3.93. The molecule has 0 fully saturated rings. The number of thiophene rings is 1. The number of ketones is 1. The van der Waals surface area contributed by atoms with E-state index in [4.69, 9.17) is 0 Å². The molecule has 2 aromatic heterocycles. The molecule has 0 bridgehead atoms. The number of Topliss-reactive ketones (excluding diaryl/α,β-unsaturated/α-hetero) is 1. The molecule has 1 aromatic carbocycles. The summed E-state index contributed by atoms with van der Waals surface area (Å²) in [6.07, 6.45) is 1.74. The highest BCUT2D eigenvalue weighted by Crippen LogP contribution is 2.25. The van der Waals surface area contributed by atoms with E-state index in [2.05, 4.69) is 10.2 Å². The lowest BCUT2D eigenvalue weighted by molar-refractivity contribution is 0.102. The monoisotopic (exact) mass is 286 g/mol. The number of carbonyl (C=O) groups excluding carboxylic acids is 1. The molecule has 94 valence electrons. The van der Waals surface area contributed by atoms with E-state index in [1.54, 1.807) is 6.20 Å². The van der Waals surface area contributed by atoms with Crippen molar-refractivity contribution in [2.45, 2.75) is 5.03 Å². The summed E-state index contributed by atoms with van der Waals surface area (Å²) < 4.78 is 0. The van der Waals surface area contributed by atoms with Crippen LogP contribution >= 0.6 is 23.1 Å². The van der Waals surface area contributed by atoms with Gasteiger partial charge in [0.2, 0.25) is 0 Å². The van der Waals surface area contributed by atoms with Gasteiger partial charge in [0.05, 0.1) is 16.8 Å². The van der Waals surface area contributed by atoms with Crippen LogP contribution in [0, 0.1) is 0 Å². The topological polar surface area (TPSA) is 42.9 Å². The zero-order valence-corrected chi connectivity index (χ0v) is 11.6. The molecule has 0 aliphatic carbocycles. The highest BCUT2D eigenvalue weighted by atomic mass is 32.2. The van der Waals surface area contributed by atoms with Gasteiger partial charge in [-0.05, 0) is 11.4 Å². The molecule has 3 nitrogen and oxygen atoms in total. The fraction of sp³-hybridized carbons (Fsp3) is 0.0714. The molecule has 0 saturated carbocycles. The highest BCUT2D eigenvalue weighted by Gasteiger charge is 2.10. The van der Waals surface area contributed by atoms with Gasteiger partial charge in [0.25, 0.3) is 0 Å². The molecule has 0 atom stereocenters. The van der Waals surface area contributed by atoms with Gasteiger partial charge in [0.15, 0.2) is 5.78 Å². The lowest BCUT2D eigenvalue weighted by Crippen LogP contribution is -2.00. The second kappa shape index (κ2) is 5.50. The predicted octanol–water partition coefficient (Wildman–Crippen LogP) is 3.67. The maximum Gasteiger partial charge on any atom is 0.183 e. The lowest BCUT2D eigenvalue weighted by Gasteiger charge is -2.03. The summed E-state index contributed by atoms with van der Waals surface area (Å²) in [6, 6.07) is 11.7. The Morgan fingerprint density at radius 2 is 2.11 bits per heavy atom. The van der Waals surface area contributed by atoms with Crippen molar-refractivity contribution in [2.75, 3.05) is 5.75 Å². The average Bonchev–Trinajstić information content (AvgIpc) is 2.99. The van der Waals surface area contributed by atoms with Gasteiger partial charge in [-0.3, -0.25) is 4.79 Å². The van der Waals surface area contributed by atoms with Gasteiger partial charge in [0.1, 0.15) is 5.03 Å². The summed E-state index contributed by atoms with van der Waals surface area (Å²) in [5, 5.41) is 12.9. The minimum atomic E-state index is 0.134. The third-order valence-electron chi connectivity index (χ3n) is 2.67. The second-order valence-corrected chi connectivity index (χ2v) is 5.84. The molecular weight excluding hydrogens is 276 g/mol. The minimum Gasteiger partial charge on any atom is -0.292 e. The molecule has 3 aromatic rings. The molecule has 0 radical (unpaired) electrons. The summed E-state index contributed by atoms with van der Waals surface area (Å²) in [5.74, 6) is 0.526. The molecule has 19 heavy (non-hydrogen) atoms. The van der Waals surface area contributed by atoms with Crippen LogP contribution in [0.3, 0.4) is 0 Å². The molecule has 0 unspecified atom stereocenters. The smallest absolute Gasteiger partial charge is 0.183 e. The molecular formula is C14H10N2OS2. The molecule has 0 amide bonds. The van der Waals surface area contributed by atoms with Crippen molar-refractivity contribution in [3.05, 3.63) is 52.9 Å². The first-order valence-electron chi connectivity index (χ1n) is 5.74. The first-order valence-corrected chi connectivity index (χ1v) is 7.61. The van der Waals surface area contributed by atoms with Crippen LogP contribution < -0.4 is 0 Å². The summed E-state index contributed by atoms with van der Waals surface area (Å²) in [6.45, 7) is 0. The van der Waals surface area contributed by atoms with Crippen LogP contribution in [-0.2, 0) is 0 Å². The number of rotatable bonds is 4. The third kappa shape index (κ3) is 2.67. The van der Waals surface area contributed by atoms with E-state index in [0.717, 1.165) is 20.7 Å². The van der Waals surface area contributed by atoms with Crippen LogP contribution in [0.4, 0.5) is 0 Å². The number of nitrogens with zero attached hydrogens (tertiary/aromatic N) is 2. The predicted molar refractivity (Wildman–Crippen MR) is 78.9 cm³/mol. The summed E-state index contributed by atoms with van der Waals surface area (Å²) >= 11 is 2.91. The van der Waals surface area contributed by atoms with E-state index in [0.29, 0.717) is 5.75 Å². The van der Waals surface area contributed by atoms with Crippen LogP contribution in [0.15, 0.2) is 53.0 Å². The molecule has 0 spiro atoms. The molecule has 3 rings (SSSR count). The molecule has 0 saturated heterocycles. The van der Waals surface area contributed by atoms with Crippen molar-refractivity contribution >= 4 is 39.7 Å². The number of fused-ring (bicyclic) bond motifs is 1. The number of aromatic nitrogens is 2. The van der Waals surface area contributed by atoms with E-state index in [9.17, 15) is 4.79 Å². The summed E-state index contributed by atoms with van der Waals surface area (Å²) in [4.78, 5) is 12.7. The number of carbonyl (C=O) groups is 1. The Balaban J connectivity index is 1.81. The zero-order valence-electron chi connectivity index (χ0n) is 9.95. The summed E-state index contributed by atoms with van der Waals surface area (Å²) in [5.41, 5.74) is 0. The van der Waals surface area contributed by atoms with Crippen molar-refractivity contribution in [1.29, 1.82) is 0 Å². The van der Waals surface area contributed by atoms with Crippen LogP contribution in [0.25, 0.3) is 10.8 Å². The van der Waals surface area contributed by atoms with Crippen molar-refractivity contribution < 1.29 is 4.79 Å². The van der Waals surface area contributed by atoms with Crippen LogP contribution in [0.1, 0.15) is 9.67 Å².